The third kappa shape index (κ3) is 2.64. The highest BCUT2D eigenvalue weighted by Crippen LogP contribution is 2.42. The van der Waals surface area contributed by atoms with Gasteiger partial charge in [0, 0.05) is 5.54 Å². The Labute approximate surface area is 117 Å². The minimum Gasteiger partial charge on any atom is -0.496 e. The van der Waals surface area contributed by atoms with Gasteiger partial charge in [0.2, 0.25) is 0 Å². The number of hydrogen-bond acceptors (Lipinski definition) is 2. The average Bonchev–Trinajstić information content (AvgIpc) is 2.74. The molecule has 0 unspecified atom stereocenters. The summed E-state index contributed by atoms with van der Waals surface area (Å²) in [4.78, 5) is 0. The second-order valence-corrected chi connectivity index (χ2v) is 6.98. The van der Waals surface area contributed by atoms with E-state index in [0.29, 0.717) is 0 Å². The lowest BCUT2D eigenvalue weighted by Gasteiger charge is -2.30. The Morgan fingerprint density at radius 1 is 1.16 bits per heavy atom. The van der Waals surface area contributed by atoms with E-state index < -0.39 is 0 Å². The number of hydrogen-bond donors (Lipinski definition) is 1. The van der Waals surface area contributed by atoms with Crippen LogP contribution in [0.1, 0.15) is 63.1 Å². The minimum absolute atomic E-state index is 0.0722. The van der Waals surface area contributed by atoms with Crippen LogP contribution in [-0.4, -0.2) is 7.11 Å². The molecule has 0 spiro atoms. The molecule has 0 aliphatic heterocycles. The van der Waals surface area contributed by atoms with Gasteiger partial charge in [0.1, 0.15) is 5.75 Å². The number of aryl methyl sites for hydroxylation is 1. The minimum atomic E-state index is -0.129. The Morgan fingerprint density at radius 2 is 1.74 bits per heavy atom. The first-order valence-corrected chi connectivity index (χ1v) is 7.26. The van der Waals surface area contributed by atoms with Crippen molar-refractivity contribution in [2.45, 2.75) is 64.3 Å². The molecule has 1 saturated carbocycles. The topological polar surface area (TPSA) is 35.2 Å². The van der Waals surface area contributed by atoms with Gasteiger partial charge in [-0.2, -0.15) is 0 Å². The fourth-order valence-corrected chi connectivity index (χ4v) is 3.25. The van der Waals surface area contributed by atoms with Crippen molar-refractivity contribution in [3.8, 4) is 5.75 Å². The molecule has 1 fully saturated rings. The molecule has 1 aliphatic carbocycles. The van der Waals surface area contributed by atoms with Crippen molar-refractivity contribution in [3.63, 3.8) is 0 Å². The van der Waals surface area contributed by atoms with E-state index in [9.17, 15) is 0 Å². The third-order valence-corrected chi connectivity index (χ3v) is 4.39. The molecule has 0 amide bonds. The van der Waals surface area contributed by atoms with Gasteiger partial charge in [-0.15, -0.1) is 0 Å². The molecule has 1 aliphatic rings. The maximum absolute atomic E-state index is 6.64. The van der Waals surface area contributed by atoms with Crippen molar-refractivity contribution in [3.05, 3.63) is 28.8 Å². The van der Waals surface area contributed by atoms with Gasteiger partial charge in [0.25, 0.3) is 0 Å². The molecule has 1 aromatic carbocycles. The number of nitrogens with two attached hydrogens (primary N) is 1. The Hall–Kier alpha value is -1.02. The average molecular weight is 261 g/mol. The summed E-state index contributed by atoms with van der Waals surface area (Å²) in [5.41, 5.74) is 10.4. The molecule has 0 saturated heterocycles. The predicted molar refractivity (Wildman–Crippen MR) is 80.8 cm³/mol. The van der Waals surface area contributed by atoms with E-state index in [1.165, 1.54) is 29.5 Å². The molecule has 0 bridgehead atoms. The fraction of sp³-hybridized carbons (Fsp3) is 0.647. The van der Waals surface area contributed by atoms with E-state index in [4.69, 9.17) is 10.5 Å². The third-order valence-electron chi connectivity index (χ3n) is 4.39. The molecule has 2 rings (SSSR count). The molecule has 19 heavy (non-hydrogen) atoms. The van der Waals surface area contributed by atoms with E-state index in [1.807, 2.05) is 0 Å². The quantitative estimate of drug-likeness (QED) is 0.872. The molecule has 2 N–H and O–H groups in total. The number of rotatable bonds is 2. The smallest absolute Gasteiger partial charge is 0.122 e. The maximum atomic E-state index is 6.64. The highest BCUT2D eigenvalue weighted by atomic mass is 16.5. The SMILES string of the molecule is COc1cc(C)c(C2(N)CCCC2)cc1C(C)(C)C. The van der Waals surface area contributed by atoms with Crippen LogP contribution >= 0.6 is 0 Å². The lowest BCUT2D eigenvalue weighted by Crippen LogP contribution is -2.34. The highest BCUT2D eigenvalue weighted by molar-refractivity contribution is 5.48. The van der Waals surface area contributed by atoms with Gasteiger partial charge in [0.05, 0.1) is 7.11 Å². The van der Waals surface area contributed by atoms with Crippen molar-refractivity contribution >= 4 is 0 Å². The van der Waals surface area contributed by atoms with Crippen LogP contribution in [-0.2, 0) is 11.0 Å². The Kier molecular flexibility index (Phi) is 3.65. The summed E-state index contributed by atoms with van der Waals surface area (Å²) in [6.07, 6.45) is 4.69. The summed E-state index contributed by atoms with van der Waals surface area (Å²) in [6, 6.07) is 4.45. The molecule has 0 aromatic heterocycles. The number of methoxy groups -OCH3 is 1. The normalized spacial score (nSPS) is 18.6. The van der Waals surface area contributed by atoms with Gasteiger partial charge in [-0.05, 0) is 54.0 Å². The molecular weight excluding hydrogens is 234 g/mol. The van der Waals surface area contributed by atoms with E-state index in [2.05, 4.69) is 39.8 Å². The van der Waals surface area contributed by atoms with Crippen LogP contribution in [0.3, 0.4) is 0 Å². The summed E-state index contributed by atoms with van der Waals surface area (Å²) in [7, 11) is 1.75. The monoisotopic (exact) mass is 261 g/mol. The van der Waals surface area contributed by atoms with Crippen LogP contribution in [0.5, 0.6) is 5.75 Å². The van der Waals surface area contributed by atoms with Crippen molar-refractivity contribution < 1.29 is 4.74 Å². The summed E-state index contributed by atoms with van der Waals surface area (Å²) < 4.78 is 5.56. The van der Waals surface area contributed by atoms with Gasteiger partial charge in [0.15, 0.2) is 0 Å². The van der Waals surface area contributed by atoms with E-state index in [-0.39, 0.29) is 11.0 Å². The summed E-state index contributed by atoms with van der Waals surface area (Å²) in [6.45, 7) is 8.82. The van der Waals surface area contributed by atoms with Crippen LogP contribution in [0, 0.1) is 6.92 Å². The molecule has 0 heterocycles. The van der Waals surface area contributed by atoms with Gasteiger partial charge < -0.3 is 10.5 Å². The van der Waals surface area contributed by atoms with E-state index >= 15 is 0 Å². The molecule has 1 aromatic rings. The second-order valence-electron chi connectivity index (χ2n) is 6.98. The zero-order valence-electron chi connectivity index (χ0n) is 13.0. The molecule has 2 nitrogen and oxygen atoms in total. The van der Waals surface area contributed by atoms with Crippen LogP contribution < -0.4 is 10.5 Å². The second kappa shape index (κ2) is 4.82. The molecule has 0 radical (unpaired) electrons. The molecular formula is C17H27NO. The lowest BCUT2D eigenvalue weighted by molar-refractivity contribution is 0.394. The van der Waals surface area contributed by atoms with Crippen LogP contribution in [0.4, 0.5) is 0 Å². The standard InChI is InChI=1S/C17H27NO/c1-12-10-15(19-5)14(16(2,3)4)11-13(12)17(18)8-6-7-9-17/h10-11H,6-9,18H2,1-5H3. The van der Waals surface area contributed by atoms with Gasteiger partial charge in [-0.3, -0.25) is 0 Å². The van der Waals surface area contributed by atoms with E-state index in [1.54, 1.807) is 7.11 Å². The number of benzene rings is 1. The van der Waals surface area contributed by atoms with Crippen molar-refractivity contribution in [2.24, 2.45) is 5.73 Å². The summed E-state index contributed by atoms with van der Waals surface area (Å²) in [5.74, 6) is 0.982. The number of ether oxygens (including phenoxy) is 1. The molecule has 106 valence electrons. The highest BCUT2D eigenvalue weighted by Gasteiger charge is 2.34. The maximum Gasteiger partial charge on any atom is 0.122 e. The fourth-order valence-electron chi connectivity index (χ4n) is 3.25. The van der Waals surface area contributed by atoms with Crippen LogP contribution in [0.2, 0.25) is 0 Å². The van der Waals surface area contributed by atoms with Gasteiger partial charge in [-0.25, -0.2) is 0 Å². The van der Waals surface area contributed by atoms with Crippen LogP contribution in [0.15, 0.2) is 12.1 Å². The van der Waals surface area contributed by atoms with Gasteiger partial charge in [-0.1, -0.05) is 33.6 Å². The summed E-state index contributed by atoms with van der Waals surface area (Å²) >= 11 is 0. The zero-order chi connectivity index (χ0) is 14.3. The largest absolute Gasteiger partial charge is 0.496 e. The zero-order valence-corrected chi connectivity index (χ0v) is 13.0. The first-order valence-electron chi connectivity index (χ1n) is 7.26. The van der Waals surface area contributed by atoms with Crippen LogP contribution in [0.25, 0.3) is 0 Å². The van der Waals surface area contributed by atoms with Crippen molar-refractivity contribution in [1.82, 2.24) is 0 Å². The lowest BCUT2D eigenvalue weighted by atomic mass is 9.79. The van der Waals surface area contributed by atoms with Gasteiger partial charge >= 0.3 is 0 Å². The van der Waals surface area contributed by atoms with Crippen molar-refractivity contribution in [1.29, 1.82) is 0 Å². The Morgan fingerprint density at radius 3 is 2.21 bits per heavy atom. The molecule has 0 atom stereocenters. The first-order chi connectivity index (χ1) is 8.78. The predicted octanol–water partition coefficient (Wildman–Crippen LogP) is 4.03. The Balaban J connectivity index is 2.57. The summed E-state index contributed by atoms with van der Waals surface area (Å²) in [5, 5.41) is 0. The van der Waals surface area contributed by atoms with E-state index in [0.717, 1.165) is 18.6 Å². The first kappa shape index (κ1) is 14.4. The Bertz CT molecular complexity index is 465. The van der Waals surface area contributed by atoms with Crippen molar-refractivity contribution in [2.75, 3.05) is 7.11 Å². The molecule has 2 heteroatoms.